The van der Waals surface area contributed by atoms with Crippen molar-refractivity contribution in [3.63, 3.8) is 0 Å². The molecule has 0 bridgehead atoms. The SMILES string of the molecule is Cc1nc(CCNCC(O)COC(C)CC(C)C)cs1. The first-order valence-electron chi connectivity index (χ1n) is 7.38. The molecule has 2 N–H and O–H groups in total. The van der Waals surface area contributed by atoms with E-state index in [1.807, 2.05) is 6.92 Å². The van der Waals surface area contributed by atoms with Gasteiger partial charge in [-0.2, -0.15) is 0 Å². The van der Waals surface area contributed by atoms with Crippen LogP contribution in [-0.4, -0.2) is 42.0 Å². The first-order valence-corrected chi connectivity index (χ1v) is 8.26. The molecule has 1 heterocycles. The van der Waals surface area contributed by atoms with Crippen LogP contribution < -0.4 is 5.32 Å². The molecule has 1 rings (SSSR count). The smallest absolute Gasteiger partial charge is 0.0897 e. The molecule has 0 amide bonds. The van der Waals surface area contributed by atoms with Crippen molar-refractivity contribution in [2.45, 2.75) is 52.7 Å². The van der Waals surface area contributed by atoms with E-state index in [2.05, 4.69) is 36.5 Å². The first-order chi connectivity index (χ1) is 9.47. The van der Waals surface area contributed by atoms with Crippen molar-refractivity contribution in [1.29, 1.82) is 0 Å². The number of aryl methyl sites for hydroxylation is 1. The Balaban J connectivity index is 2.03. The Kier molecular flexibility index (Phi) is 8.30. The summed E-state index contributed by atoms with van der Waals surface area (Å²) in [5, 5.41) is 16.3. The van der Waals surface area contributed by atoms with Crippen LogP contribution in [0, 0.1) is 12.8 Å². The van der Waals surface area contributed by atoms with Crippen molar-refractivity contribution < 1.29 is 9.84 Å². The zero-order valence-electron chi connectivity index (χ0n) is 13.1. The molecule has 2 unspecified atom stereocenters. The summed E-state index contributed by atoms with van der Waals surface area (Å²) in [7, 11) is 0. The van der Waals surface area contributed by atoms with E-state index >= 15 is 0 Å². The van der Waals surface area contributed by atoms with Gasteiger partial charge in [-0.15, -0.1) is 11.3 Å². The Bertz CT molecular complexity index is 369. The second-order valence-corrected chi connectivity index (χ2v) is 6.80. The topological polar surface area (TPSA) is 54.4 Å². The molecule has 116 valence electrons. The molecular formula is C15H28N2O2S. The Morgan fingerprint density at radius 2 is 2.15 bits per heavy atom. The van der Waals surface area contributed by atoms with Crippen LogP contribution >= 0.6 is 11.3 Å². The maximum absolute atomic E-state index is 9.83. The molecule has 0 spiro atoms. The van der Waals surface area contributed by atoms with Crippen molar-refractivity contribution in [2.75, 3.05) is 19.7 Å². The van der Waals surface area contributed by atoms with Gasteiger partial charge in [-0.1, -0.05) is 13.8 Å². The quantitative estimate of drug-likeness (QED) is 0.652. The fourth-order valence-corrected chi connectivity index (χ4v) is 2.72. The summed E-state index contributed by atoms with van der Waals surface area (Å²) < 4.78 is 5.63. The maximum atomic E-state index is 9.83. The summed E-state index contributed by atoms with van der Waals surface area (Å²) in [4.78, 5) is 4.41. The van der Waals surface area contributed by atoms with Crippen LogP contribution in [0.1, 0.15) is 37.9 Å². The number of hydrogen-bond donors (Lipinski definition) is 2. The highest BCUT2D eigenvalue weighted by molar-refractivity contribution is 7.09. The van der Waals surface area contributed by atoms with Gasteiger partial charge in [0.1, 0.15) is 0 Å². The predicted molar refractivity (Wildman–Crippen MR) is 84.3 cm³/mol. The molecule has 4 nitrogen and oxygen atoms in total. The zero-order chi connectivity index (χ0) is 15.0. The number of aromatic nitrogens is 1. The highest BCUT2D eigenvalue weighted by atomic mass is 32.1. The van der Waals surface area contributed by atoms with Gasteiger partial charge in [-0.25, -0.2) is 4.98 Å². The fraction of sp³-hybridized carbons (Fsp3) is 0.800. The van der Waals surface area contributed by atoms with Crippen LogP contribution in [0.15, 0.2) is 5.38 Å². The number of aliphatic hydroxyl groups is 1. The van der Waals surface area contributed by atoms with E-state index in [1.54, 1.807) is 11.3 Å². The van der Waals surface area contributed by atoms with Gasteiger partial charge < -0.3 is 15.2 Å². The molecule has 2 atom stereocenters. The average molecular weight is 300 g/mol. The molecule has 0 radical (unpaired) electrons. The van der Waals surface area contributed by atoms with Crippen LogP contribution in [0.2, 0.25) is 0 Å². The van der Waals surface area contributed by atoms with Gasteiger partial charge in [0.25, 0.3) is 0 Å². The predicted octanol–water partition coefficient (Wildman–Crippen LogP) is 2.40. The van der Waals surface area contributed by atoms with E-state index in [0.717, 1.165) is 30.1 Å². The molecule has 20 heavy (non-hydrogen) atoms. The number of rotatable bonds is 10. The minimum absolute atomic E-state index is 0.211. The third-order valence-electron chi connectivity index (χ3n) is 2.98. The van der Waals surface area contributed by atoms with Gasteiger partial charge >= 0.3 is 0 Å². The van der Waals surface area contributed by atoms with E-state index in [9.17, 15) is 5.11 Å². The van der Waals surface area contributed by atoms with Crippen molar-refractivity contribution in [3.8, 4) is 0 Å². The number of aliphatic hydroxyl groups excluding tert-OH is 1. The lowest BCUT2D eigenvalue weighted by Crippen LogP contribution is -2.32. The van der Waals surface area contributed by atoms with Gasteiger partial charge in [-0.3, -0.25) is 0 Å². The van der Waals surface area contributed by atoms with Crippen molar-refractivity contribution in [3.05, 3.63) is 16.1 Å². The minimum atomic E-state index is -0.443. The van der Waals surface area contributed by atoms with Crippen LogP contribution in [0.4, 0.5) is 0 Å². The molecule has 0 saturated heterocycles. The van der Waals surface area contributed by atoms with E-state index in [4.69, 9.17) is 4.74 Å². The van der Waals surface area contributed by atoms with E-state index in [0.29, 0.717) is 19.1 Å². The third-order valence-corrected chi connectivity index (χ3v) is 3.80. The average Bonchev–Trinajstić information content (AvgIpc) is 2.77. The molecular weight excluding hydrogens is 272 g/mol. The van der Waals surface area contributed by atoms with Gasteiger partial charge in [0.15, 0.2) is 0 Å². The number of nitrogens with one attached hydrogen (secondary N) is 1. The zero-order valence-corrected chi connectivity index (χ0v) is 13.9. The minimum Gasteiger partial charge on any atom is -0.389 e. The number of thiazole rings is 1. The van der Waals surface area contributed by atoms with Crippen molar-refractivity contribution >= 4 is 11.3 Å². The van der Waals surface area contributed by atoms with E-state index in [-0.39, 0.29) is 6.10 Å². The van der Waals surface area contributed by atoms with Crippen LogP contribution in [0.3, 0.4) is 0 Å². The molecule has 0 aliphatic heterocycles. The van der Waals surface area contributed by atoms with Crippen molar-refractivity contribution in [2.24, 2.45) is 5.92 Å². The number of hydrogen-bond acceptors (Lipinski definition) is 5. The molecule has 0 saturated carbocycles. The largest absolute Gasteiger partial charge is 0.389 e. The second kappa shape index (κ2) is 9.45. The Hall–Kier alpha value is -0.490. The van der Waals surface area contributed by atoms with Crippen LogP contribution in [0.5, 0.6) is 0 Å². The Labute approximate surface area is 126 Å². The number of nitrogens with zero attached hydrogens (tertiary/aromatic N) is 1. The van der Waals surface area contributed by atoms with Crippen LogP contribution in [-0.2, 0) is 11.2 Å². The summed E-state index contributed by atoms with van der Waals surface area (Å²) in [6, 6.07) is 0. The first kappa shape index (κ1) is 17.6. The molecule has 5 heteroatoms. The lowest BCUT2D eigenvalue weighted by Gasteiger charge is -2.18. The highest BCUT2D eigenvalue weighted by Gasteiger charge is 2.09. The molecule has 0 aliphatic rings. The van der Waals surface area contributed by atoms with E-state index in [1.165, 1.54) is 0 Å². The summed E-state index contributed by atoms with van der Waals surface area (Å²) in [5.41, 5.74) is 1.12. The van der Waals surface area contributed by atoms with Gasteiger partial charge in [-0.05, 0) is 26.2 Å². The summed E-state index contributed by atoms with van der Waals surface area (Å²) >= 11 is 1.68. The Morgan fingerprint density at radius 3 is 2.75 bits per heavy atom. The molecule has 0 fully saturated rings. The van der Waals surface area contributed by atoms with Gasteiger partial charge in [0.05, 0.1) is 29.5 Å². The lowest BCUT2D eigenvalue weighted by molar-refractivity contribution is -0.00839. The van der Waals surface area contributed by atoms with Gasteiger partial charge in [0, 0.05) is 24.9 Å². The molecule has 0 aliphatic carbocycles. The lowest BCUT2D eigenvalue weighted by atomic mass is 10.1. The maximum Gasteiger partial charge on any atom is 0.0897 e. The third kappa shape index (κ3) is 7.94. The summed E-state index contributed by atoms with van der Waals surface area (Å²) in [6.07, 6.45) is 1.70. The highest BCUT2D eigenvalue weighted by Crippen LogP contribution is 2.08. The number of ether oxygens (including phenoxy) is 1. The second-order valence-electron chi connectivity index (χ2n) is 5.74. The standard InChI is InChI=1S/C15H28N2O2S/c1-11(2)7-12(3)19-9-15(18)8-16-6-5-14-10-20-13(4)17-14/h10-12,15-16,18H,5-9H2,1-4H3. The van der Waals surface area contributed by atoms with Crippen LogP contribution in [0.25, 0.3) is 0 Å². The van der Waals surface area contributed by atoms with Crippen molar-refractivity contribution in [1.82, 2.24) is 10.3 Å². The Morgan fingerprint density at radius 1 is 1.40 bits per heavy atom. The molecule has 1 aromatic heterocycles. The summed E-state index contributed by atoms with van der Waals surface area (Å²) in [5.74, 6) is 0.627. The molecule has 0 aromatic carbocycles. The monoisotopic (exact) mass is 300 g/mol. The van der Waals surface area contributed by atoms with Gasteiger partial charge in [0.2, 0.25) is 0 Å². The summed E-state index contributed by atoms with van der Waals surface area (Å²) in [6.45, 7) is 10.2. The molecule has 1 aromatic rings. The fourth-order valence-electron chi connectivity index (χ4n) is 2.07. The normalized spacial score (nSPS) is 14.7. The van der Waals surface area contributed by atoms with E-state index < -0.39 is 6.10 Å².